The highest BCUT2D eigenvalue weighted by Gasteiger charge is 2.33. The summed E-state index contributed by atoms with van der Waals surface area (Å²) in [5.74, 6) is 0.934. The van der Waals surface area contributed by atoms with Crippen molar-refractivity contribution in [3.63, 3.8) is 0 Å². The molecular weight excluding hydrogens is 552 g/mol. The molecule has 0 radical (unpaired) electrons. The molecule has 3 aromatic carbocycles. The van der Waals surface area contributed by atoms with Gasteiger partial charge in [0.1, 0.15) is 16.5 Å². The van der Waals surface area contributed by atoms with Gasteiger partial charge in [-0.1, -0.05) is 69.6 Å². The minimum atomic E-state index is -3.51. The molecular formula is C19H9Cl6O3PS. The van der Waals surface area contributed by atoms with E-state index in [1.165, 1.54) is 6.07 Å². The lowest BCUT2D eigenvalue weighted by molar-refractivity contribution is 0.377. The summed E-state index contributed by atoms with van der Waals surface area (Å²) in [6.07, 6.45) is 0.468. The van der Waals surface area contributed by atoms with Gasteiger partial charge in [-0.05, 0) is 42.5 Å². The minimum Gasteiger partial charge on any atom is -0.407 e. The highest BCUT2D eigenvalue weighted by atomic mass is 35.5. The second-order valence-electron chi connectivity index (χ2n) is 6.20. The number of benzene rings is 3. The van der Waals surface area contributed by atoms with Crippen LogP contribution >= 0.6 is 76.3 Å². The first-order valence-corrected chi connectivity index (χ1v) is 13.1. The number of rotatable bonds is 2. The molecule has 3 aromatic rings. The summed E-state index contributed by atoms with van der Waals surface area (Å²) in [5, 5.41) is 1.46. The Morgan fingerprint density at radius 2 is 1.27 bits per heavy atom. The first-order chi connectivity index (χ1) is 14.1. The fraction of sp³-hybridized carbons (Fsp3) is 0.0526. The number of hydrogen-bond acceptors (Lipinski definition) is 4. The predicted octanol–water partition coefficient (Wildman–Crippen LogP) is 9.27. The van der Waals surface area contributed by atoms with Crippen molar-refractivity contribution in [3.05, 3.63) is 83.7 Å². The van der Waals surface area contributed by atoms with E-state index in [4.69, 9.17) is 95.0 Å². The number of fused-ring (bicyclic) bond motifs is 2. The van der Waals surface area contributed by atoms with Crippen molar-refractivity contribution in [2.45, 2.75) is 6.42 Å². The first-order valence-electron chi connectivity index (χ1n) is 8.24. The molecule has 0 unspecified atom stereocenters. The van der Waals surface area contributed by atoms with Crippen LogP contribution in [0.4, 0.5) is 0 Å². The first kappa shape index (κ1) is 22.6. The van der Waals surface area contributed by atoms with Crippen LogP contribution in [0.5, 0.6) is 17.2 Å². The second-order valence-corrected chi connectivity index (χ2v) is 11.4. The summed E-state index contributed by atoms with van der Waals surface area (Å²) >= 11 is 42.8. The molecule has 0 aliphatic carbocycles. The van der Waals surface area contributed by atoms with E-state index in [-0.39, 0.29) is 25.8 Å². The van der Waals surface area contributed by atoms with Crippen LogP contribution in [0.15, 0.2) is 42.5 Å². The van der Waals surface area contributed by atoms with Crippen molar-refractivity contribution >= 4 is 88.1 Å². The third kappa shape index (κ3) is 4.62. The Hall–Kier alpha value is -0.550. The summed E-state index contributed by atoms with van der Waals surface area (Å²) in [6, 6.07) is 11.7. The zero-order valence-electron chi connectivity index (χ0n) is 14.6. The molecule has 1 heterocycles. The standard InChI is InChI=1S/C19H9Cl6O3PS/c20-11-1-3-15-9(6-11)5-10-7-12(21)2-4-16(10)27-29(30,26-15)28-19-14(23)8-13(22)17(24)18(19)25/h1-4,6-8H,5H2. The molecule has 3 nitrogen and oxygen atoms in total. The maximum Gasteiger partial charge on any atom is 0.490 e. The van der Waals surface area contributed by atoms with Gasteiger partial charge in [0.05, 0.1) is 15.1 Å². The summed E-state index contributed by atoms with van der Waals surface area (Å²) in [4.78, 5) is 0. The quantitative estimate of drug-likeness (QED) is 0.177. The van der Waals surface area contributed by atoms with E-state index in [0.717, 1.165) is 11.1 Å². The van der Waals surface area contributed by atoms with Gasteiger partial charge < -0.3 is 13.6 Å². The van der Waals surface area contributed by atoms with Crippen molar-refractivity contribution in [2.75, 3.05) is 0 Å². The molecule has 0 atom stereocenters. The normalized spacial score (nSPS) is 14.5. The van der Waals surface area contributed by atoms with Gasteiger partial charge in [-0.15, -0.1) is 0 Å². The SMILES string of the molecule is S=P1(Oc2c(Cl)cc(Cl)c(Cl)c2Cl)Oc2ccc(Cl)cc2Cc2cc(Cl)ccc2O1. The molecule has 4 rings (SSSR count). The lowest BCUT2D eigenvalue weighted by Gasteiger charge is -2.28. The predicted molar refractivity (Wildman–Crippen MR) is 128 cm³/mol. The summed E-state index contributed by atoms with van der Waals surface area (Å²) in [6.45, 7) is -3.51. The number of hydrogen-bond donors (Lipinski definition) is 0. The van der Waals surface area contributed by atoms with Crippen molar-refractivity contribution in [3.8, 4) is 17.2 Å². The Morgan fingerprint density at radius 3 is 1.80 bits per heavy atom. The van der Waals surface area contributed by atoms with Gasteiger partial charge in [0.15, 0.2) is 5.75 Å². The monoisotopic (exact) mass is 558 g/mol. The number of halogens is 6. The Labute approximate surface area is 207 Å². The van der Waals surface area contributed by atoms with E-state index in [2.05, 4.69) is 0 Å². The summed E-state index contributed by atoms with van der Waals surface area (Å²) < 4.78 is 18.1. The lowest BCUT2D eigenvalue weighted by atomic mass is 10.0. The van der Waals surface area contributed by atoms with E-state index in [1.807, 2.05) is 0 Å². The molecule has 0 spiro atoms. The average Bonchev–Trinajstić information content (AvgIpc) is 2.67. The second kappa shape index (κ2) is 8.77. The summed E-state index contributed by atoms with van der Waals surface area (Å²) in [7, 11) is 0. The van der Waals surface area contributed by atoms with Crippen LogP contribution in [-0.4, -0.2) is 0 Å². The average molecular weight is 561 g/mol. The van der Waals surface area contributed by atoms with Crippen molar-refractivity contribution < 1.29 is 13.6 Å². The van der Waals surface area contributed by atoms with Gasteiger partial charge in [0, 0.05) is 39.4 Å². The molecule has 0 aromatic heterocycles. The van der Waals surface area contributed by atoms with Crippen LogP contribution in [0.3, 0.4) is 0 Å². The Bertz CT molecular complexity index is 1160. The van der Waals surface area contributed by atoms with Gasteiger partial charge in [-0.3, -0.25) is 0 Å². The molecule has 30 heavy (non-hydrogen) atoms. The molecule has 11 heteroatoms. The topological polar surface area (TPSA) is 27.7 Å². The molecule has 0 bridgehead atoms. The van der Waals surface area contributed by atoms with E-state index >= 15 is 0 Å². The van der Waals surface area contributed by atoms with Crippen LogP contribution in [0.2, 0.25) is 30.1 Å². The molecule has 1 aliphatic rings. The van der Waals surface area contributed by atoms with Crippen molar-refractivity contribution in [1.29, 1.82) is 0 Å². The van der Waals surface area contributed by atoms with Crippen LogP contribution in [-0.2, 0) is 18.2 Å². The van der Waals surface area contributed by atoms with Gasteiger partial charge in [-0.2, -0.15) is 0 Å². The Balaban J connectivity index is 1.85. The van der Waals surface area contributed by atoms with E-state index in [9.17, 15) is 0 Å². The fourth-order valence-corrected chi connectivity index (χ4v) is 6.34. The van der Waals surface area contributed by atoms with Crippen LogP contribution < -0.4 is 13.6 Å². The maximum atomic E-state index is 6.30. The zero-order chi connectivity index (χ0) is 21.6. The van der Waals surface area contributed by atoms with Gasteiger partial charge in [0.2, 0.25) is 0 Å². The van der Waals surface area contributed by atoms with Crippen LogP contribution in [0.25, 0.3) is 0 Å². The molecule has 0 N–H and O–H groups in total. The third-order valence-corrected chi connectivity index (χ3v) is 8.03. The van der Waals surface area contributed by atoms with Crippen molar-refractivity contribution in [2.24, 2.45) is 0 Å². The van der Waals surface area contributed by atoms with E-state index < -0.39 is 6.72 Å². The minimum absolute atomic E-state index is 0.000287. The van der Waals surface area contributed by atoms with Gasteiger partial charge >= 0.3 is 6.72 Å². The smallest absolute Gasteiger partial charge is 0.407 e. The maximum absolute atomic E-state index is 6.30. The Morgan fingerprint density at radius 1 is 0.733 bits per heavy atom. The molecule has 0 fully saturated rings. The largest absolute Gasteiger partial charge is 0.490 e. The van der Waals surface area contributed by atoms with E-state index in [1.54, 1.807) is 36.4 Å². The lowest BCUT2D eigenvalue weighted by Crippen LogP contribution is -2.12. The molecule has 1 aliphatic heterocycles. The zero-order valence-corrected chi connectivity index (χ0v) is 20.8. The van der Waals surface area contributed by atoms with Gasteiger partial charge in [-0.25, -0.2) is 0 Å². The highest BCUT2D eigenvalue weighted by molar-refractivity contribution is 8.08. The molecule has 0 amide bonds. The fourth-order valence-electron chi connectivity index (χ4n) is 2.80. The highest BCUT2D eigenvalue weighted by Crippen LogP contribution is 2.56. The third-order valence-electron chi connectivity index (χ3n) is 4.12. The van der Waals surface area contributed by atoms with Crippen LogP contribution in [0.1, 0.15) is 11.1 Å². The Kier molecular flexibility index (Phi) is 6.62. The molecule has 0 saturated heterocycles. The van der Waals surface area contributed by atoms with Crippen LogP contribution in [0, 0.1) is 0 Å². The van der Waals surface area contributed by atoms with Crippen molar-refractivity contribution in [1.82, 2.24) is 0 Å². The molecule has 0 saturated carbocycles. The summed E-state index contributed by atoms with van der Waals surface area (Å²) in [5.41, 5.74) is 1.58. The molecule has 156 valence electrons. The van der Waals surface area contributed by atoms with E-state index in [0.29, 0.717) is 28.0 Å². The van der Waals surface area contributed by atoms with Gasteiger partial charge in [0.25, 0.3) is 0 Å².